The fourth-order valence-corrected chi connectivity index (χ4v) is 1.53. The predicted octanol–water partition coefficient (Wildman–Crippen LogP) is 2.87. The lowest BCUT2D eigenvalue weighted by molar-refractivity contribution is 0.369. The van der Waals surface area contributed by atoms with Crippen molar-refractivity contribution in [1.29, 1.82) is 0 Å². The van der Waals surface area contributed by atoms with E-state index < -0.39 is 0 Å². The largest absolute Gasteiger partial charge is 0.508 e. The van der Waals surface area contributed by atoms with E-state index in [1.54, 1.807) is 0 Å². The molecule has 7 heteroatoms. The molecule has 2 rings (SSSR count). The number of methoxy groups -OCH3 is 2. The van der Waals surface area contributed by atoms with Crippen molar-refractivity contribution >= 4 is 11.6 Å². The van der Waals surface area contributed by atoms with Gasteiger partial charge in [-0.05, 0) is 12.1 Å². The Hall–Kier alpha value is -2.47. The molecule has 21 heavy (non-hydrogen) atoms. The number of halogens is 1. The molecule has 6 nitrogen and oxygen atoms in total. The van der Waals surface area contributed by atoms with Crippen molar-refractivity contribution in [1.82, 2.24) is 0 Å². The fourth-order valence-electron chi connectivity index (χ4n) is 1.37. The molecule has 0 heterocycles. The fraction of sp³-hybridized carbons (Fsp3) is 0.143. The van der Waals surface area contributed by atoms with E-state index in [0.717, 1.165) is 6.07 Å². The van der Waals surface area contributed by atoms with Gasteiger partial charge in [0.15, 0.2) is 23.0 Å². The normalized spacial score (nSPS) is 9.48. The molecule has 0 aliphatic rings. The summed E-state index contributed by atoms with van der Waals surface area (Å²) in [6, 6.07) is 6.62. The van der Waals surface area contributed by atoms with Crippen LogP contribution >= 0.6 is 11.6 Å². The van der Waals surface area contributed by atoms with Gasteiger partial charge in [-0.3, -0.25) is 0 Å². The number of benzene rings is 2. The molecular formula is C14H15ClO6. The zero-order valence-electron chi connectivity index (χ0n) is 11.4. The number of hydrogen-bond acceptors (Lipinski definition) is 6. The van der Waals surface area contributed by atoms with Gasteiger partial charge >= 0.3 is 0 Å². The van der Waals surface area contributed by atoms with E-state index in [4.69, 9.17) is 41.5 Å². The van der Waals surface area contributed by atoms with Crippen LogP contribution in [-0.2, 0) is 0 Å². The summed E-state index contributed by atoms with van der Waals surface area (Å²) in [5.74, 6) is 0.283. The van der Waals surface area contributed by atoms with Gasteiger partial charge < -0.3 is 29.9 Å². The molecule has 114 valence electrons. The molecule has 2 aromatic rings. The van der Waals surface area contributed by atoms with Crippen LogP contribution in [0.4, 0.5) is 0 Å². The van der Waals surface area contributed by atoms with Crippen molar-refractivity contribution in [3.63, 3.8) is 0 Å². The van der Waals surface area contributed by atoms with E-state index >= 15 is 0 Å². The number of phenolic OH excluding ortho intramolecular Hbond substituents is 4. The molecule has 4 N–H and O–H groups in total. The summed E-state index contributed by atoms with van der Waals surface area (Å²) < 4.78 is 9.47. The van der Waals surface area contributed by atoms with Crippen molar-refractivity contribution in [2.75, 3.05) is 14.2 Å². The minimum absolute atomic E-state index is 0.0262. The summed E-state index contributed by atoms with van der Waals surface area (Å²) in [5, 5.41) is 36.0. The Morgan fingerprint density at radius 1 is 0.762 bits per heavy atom. The maximum absolute atomic E-state index is 9.07. The second-order valence-electron chi connectivity index (χ2n) is 3.83. The highest BCUT2D eigenvalue weighted by Gasteiger charge is 2.06. The van der Waals surface area contributed by atoms with Gasteiger partial charge in [0.05, 0.1) is 19.2 Å². The Bertz CT molecular complexity index is 615. The maximum atomic E-state index is 9.07. The van der Waals surface area contributed by atoms with Crippen LogP contribution in [0, 0.1) is 0 Å². The minimum atomic E-state index is -0.162. The highest BCUT2D eigenvalue weighted by Crippen LogP contribution is 2.35. The minimum Gasteiger partial charge on any atom is -0.508 e. The Balaban J connectivity index is 0.000000211. The third-order valence-corrected chi connectivity index (χ3v) is 2.71. The summed E-state index contributed by atoms with van der Waals surface area (Å²) in [7, 11) is 2.86. The second-order valence-corrected chi connectivity index (χ2v) is 4.24. The van der Waals surface area contributed by atoms with Gasteiger partial charge in [-0.1, -0.05) is 11.6 Å². The van der Waals surface area contributed by atoms with Gasteiger partial charge in [0.1, 0.15) is 11.5 Å². The van der Waals surface area contributed by atoms with E-state index in [0.29, 0.717) is 5.75 Å². The zero-order valence-corrected chi connectivity index (χ0v) is 12.1. The van der Waals surface area contributed by atoms with Crippen LogP contribution in [0.5, 0.6) is 34.5 Å². The van der Waals surface area contributed by atoms with E-state index in [1.165, 1.54) is 38.5 Å². The van der Waals surface area contributed by atoms with Gasteiger partial charge in [-0.2, -0.15) is 0 Å². The first-order chi connectivity index (χ1) is 9.88. The van der Waals surface area contributed by atoms with Crippen molar-refractivity contribution in [2.45, 2.75) is 0 Å². The number of aromatic hydroxyl groups is 4. The summed E-state index contributed by atoms with van der Waals surface area (Å²) in [4.78, 5) is 0. The van der Waals surface area contributed by atoms with Crippen molar-refractivity contribution in [3.8, 4) is 34.5 Å². The van der Waals surface area contributed by atoms with Crippen molar-refractivity contribution < 1.29 is 29.9 Å². The third-order valence-electron chi connectivity index (χ3n) is 2.41. The molecule has 0 aliphatic carbocycles. The van der Waals surface area contributed by atoms with Gasteiger partial charge in [-0.25, -0.2) is 0 Å². The number of hydrogen-bond donors (Lipinski definition) is 4. The summed E-state index contributed by atoms with van der Waals surface area (Å²) in [6.45, 7) is 0. The first-order valence-electron chi connectivity index (χ1n) is 5.70. The van der Waals surface area contributed by atoms with Gasteiger partial charge in [-0.15, -0.1) is 0 Å². The smallest absolute Gasteiger partial charge is 0.162 e. The molecule has 0 fully saturated rings. The molecule has 0 saturated carbocycles. The highest BCUT2D eigenvalue weighted by atomic mass is 35.5. The van der Waals surface area contributed by atoms with Gasteiger partial charge in [0.25, 0.3) is 0 Å². The van der Waals surface area contributed by atoms with Crippen molar-refractivity contribution in [2.24, 2.45) is 0 Å². The molecule has 0 atom stereocenters. The number of ether oxygens (including phenoxy) is 2. The van der Waals surface area contributed by atoms with Crippen LogP contribution in [0.1, 0.15) is 0 Å². The lowest BCUT2D eigenvalue weighted by atomic mass is 10.3. The molecule has 2 aromatic carbocycles. The van der Waals surface area contributed by atoms with Gasteiger partial charge in [0, 0.05) is 18.2 Å². The standard InChI is InChI=1S/C7H7ClO3.C7H8O3/c1-11-7-2-4(8)5(9)3-6(7)10;1-10-7-3-2-5(8)4-6(7)9/h2-3,9-10H,1H3;2-4,8-9H,1H3. The van der Waals surface area contributed by atoms with Crippen LogP contribution in [0.15, 0.2) is 30.3 Å². The van der Waals surface area contributed by atoms with Crippen LogP contribution < -0.4 is 9.47 Å². The van der Waals surface area contributed by atoms with Gasteiger partial charge in [0.2, 0.25) is 0 Å². The summed E-state index contributed by atoms with van der Waals surface area (Å²) >= 11 is 5.52. The summed E-state index contributed by atoms with van der Waals surface area (Å²) in [6.07, 6.45) is 0. The Morgan fingerprint density at radius 2 is 1.33 bits per heavy atom. The molecule has 0 spiro atoms. The lowest BCUT2D eigenvalue weighted by Gasteiger charge is -2.03. The zero-order chi connectivity index (χ0) is 16.0. The highest BCUT2D eigenvalue weighted by molar-refractivity contribution is 6.32. The van der Waals surface area contributed by atoms with Crippen LogP contribution in [0.2, 0.25) is 5.02 Å². The maximum Gasteiger partial charge on any atom is 0.162 e. The number of phenols is 4. The van der Waals surface area contributed by atoms with E-state index in [-0.39, 0.29) is 33.8 Å². The van der Waals surface area contributed by atoms with E-state index in [9.17, 15) is 0 Å². The average molecular weight is 315 g/mol. The third kappa shape index (κ3) is 4.54. The first-order valence-corrected chi connectivity index (χ1v) is 6.08. The SMILES string of the molecule is COc1cc(Cl)c(O)cc1O.COc1ccc(O)cc1O. The van der Waals surface area contributed by atoms with Crippen LogP contribution in [-0.4, -0.2) is 34.6 Å². The Labute approximate surface area is 126 Å². The lowest BCUT2D eigenvalue weighted by Crippen LogP contribution is -1.83. The second kappa shape index (κ2) is 7.35. The summed E-state index contributed by atoms with van der Waals surface area (Å²) in [5.41, 5.74) is 0. The average Bonchev–Trinajstić information content (AvgIpc) is 2.44. The quantitative estimate of drug-likeness (QED) is 0.680. The molecule has 0 saturated heterocycles. The van der Waals surface area contributed by atoms with Crippen molar-refractivity contribution in [3.05, 3.63) is 35.4 Å². The predicted molar refractivity (Wildman–Crippen MR) is 77.7 cm³/mol. The van der Waals surface area contributed by atoms with Crippen LogP contribution in [0.25, 0.3) is 0 Å². The monoisotopic (exact) mass is 314 g/mol. The van der Waals surface area contributed by atoms with Crippen LogP contribution in [0.3, 0.4) is 0 Å². The molecule has 0 aromatic heterocycles. The molecular weight excluding hydrogens is 300 g/mol. The molecule has 0 amide bonds. The Kier molecular flexibility index (Phi) is 5.80. The molecule has 0 bridgehead atoms. The topological polar surface area (TPSA) is 99.4 Å². The number of rotatable bonds is 2. The molecule has 0 unspecified atom stereocenters. The molecule has 0 radical (unpaired) electrons. The van der Waals surface area contributed by atoms with E-state index in [1.807, 2.05) is 0 Å². The Morgan fingerprint density at radius 3 is 1.86 bits per heavy atom. The molecule has 0 aliphatic heterocycles. The first kappa shape index (κ1) is 16.6. The van der Waals surface area contributed by atoms with E-state index in [2.05, 4.69) is 0 Å².